The van der Waals surface area contributed by atoms with Crippen molar-refractivity contribution >= 4 is 17.5 Å². The maximum absolute atomic E-state index is 13.5. The molecule has 1 aliphatic heterocycles. The molecule has 0 fully saturated rings. The van der Waals surface area contributed by atoms with Crippen LogP contribution in [0.3, 0.4) is 0 Å². The Morgan fingerprint density at radius 2 is 1.80 bits per heavy atom. The minimum Gasteiger partial charge on any atom is -0.350 e. The number of nitrogens with zero attached hydrogens (tertiary/aromatic N) is 3. The molecule has 0 aliphatic carbocycles. The maximum atomic E-state index is 13.5. The van der Waals surface area contributed by atoms with Crippen LogP contribution >= 0.6 is 0 Å². The summed E-state index contributed by atoms with van der Waals surface area (Å²) < 4.78 is 15.1. The lowest BCUT2D eigenvalue weighted by molar-refractivity contribution is -0.126. The van der Waals surface area contributed by atoms with E-state index in [0.717, 1.165) is 11.1 Å². The van der Waals surface area contributed by atoms with Crippen molar-refractivity contribution in [2.75, 3.05) is 4.90 Å². The molecule has 0 saturated carbocycles. The van der Waals surface area contributed by atoms with E-state index in [1.54, 1.807) is 24.6 Å². The number of carbonyl (C=O) groups is 2. The first-order valence-corrected chi connectivity index (χ1v) is 9.76. The predicted molar refractivity (Wildman–Crippen MR) is 112 cm³/mol. The van der Waals surface area contributed by atoms with Crippen molar-refractivity contribution < 1.29 is 14.0 Å². The Morgan fingerprint density at radius 3 is 2.47 bits per heavy atom. The number of aromatic nitrogens is 2. The van der Waals surface area contributed by atoms with Crippen molar-refractivity contribution in [3.05, 3.63) is 82.9 Å². The number of rotatable bonds is 4. The van der Waals surface area contributed by atoms with E-state index in [4.69, 9.17) is 0 Å². The second kappa shape index (κ2) is 7.40. The monoisotopic (exact) mass is 406 g/mol. The fourth-order valence-corrected chi connectivity index (χ4v) is 3.78. The van der Waals surface area contributed by atoms with Gasteiger partial charge < -0.3 is 5.32 Å². The highest BCUT2D eigenvalue weighted by molar-refractivity contribution is 6.11. The zero-order valence-corrected chi connectivity index (χ0v) is 17.1. The third kappa shape index (κ3) is 3.47. The molecule has 2 amide bonds. The highest BCUT2D eigenvalue weighted by Crippen LogP contribution is 2.33. The van der Waals surface area contributed by atoms with Gasteiger partial charge in [0.15, 0.2) is 0 Å². The van der Waals surface area contributed by atoms with E-state index < -0.39 is 11.4 Å². The van der Waals surface area contributed by atoms with Gasteiger partial charge in [-0.2, -0.15) is 5.10 Å². The molecule has 154 valence electrons. The topological polar surface area (TPSA) is 67.2 Å². The third-order valence-corrected chi connectivity index (χ3v) is 5.42. The molecule has 2 aromatic carbocycles. The Labute approximate surface area is 174 Å². The van der Waals surface area contributed by atoms with Gasteiger partial charge in [0.1, 0.15) is 17.1 Å². The SMILES string of the molecule is Cc1ccc(CNC(=O)[C@@]2(C)Cn3nc(C)cc3C(=O)N2c2ccc(F)cc2)cc1. The van der Waals surface area contributed by atoms with E-state index >= 15 is 0 Å². The van der Waals surface area contributed by atoms with Gasteiger partial charge in [0.2, 0.25) is 5.91 Å². The summed E-state index contributed by atoms with van der Waals surface area (Å²) in [6.07, 6.45) is 0. The second-order valence-corrected chi connectivity index (χ2v) is 7.89. The quantitative estimate of drug-likeness (QED) is 0.722. The zero-order chi connectivity index (χ0) is 21.5. The van der Waals surface area contributed by atoms with Gasteiger partial charge >= 0.3 is 0 Å². The molecule has 7 heteroatoms. The number of halogens is 1. The van der Waals surface area contributed by atoms with Crippen molar-refractivity contribution in [3.63, 3.8) is 0 Å². The van der Waals surface area contributed by atoms with Gasteiger partial charge in [0, 0.05) is 12.2 Å². The van der Waals surface area contributed by atoms with Crippen LogP contribution in [0, 0.1) is 19.7 Å². The largest absolute Gasteiger partial charge is 0.350 e. The lowest BCUT2D eigenvalue weighted by Crippen LogP contribution is -2.64. The minimum absolute atomic E-state index is 0.193. The molecule has 0 radical (unpaired) electrons. The number of anilines is 1. The molecule has 6 nitrogen and oxygen atoms in total. The summed E-state index contributed by atoms with van der Waals surface area (Å²) in [6.45, 7) is 6.04. The van der Waals surface area contributed by atoms with Crippen molar-refractivity contribution in [2.45, 2.75) is 39.4 Å². The Morgan fingerprint density at radius 1 is 1.13 bits per heavy atom. The van der Waals surface area contributed by atoms with E-state index in [9.17, 15) is 14.0 Å². The molecule has 30 heavy (non-hydrogen) atoms. The van der Waals surface area contributed by atoms with E-state index in [-0.39, 0.29) is 18.4 Å². The number of aryl methyl sites for hydroxylation is 2. The Hall–Kier alpha value is -3.48. The number of benzene rings is 2. The number of nitrogens with one attached hydrogen (secondary N) is 1. The van der Waals surface area contributed by atoms with Crippen LogP contribution < -0.4 is 10.2 Å². The third-order valence-electron chi connectivity index (χ3n) is 5.42. The average Bonchev–Trinajstić information content (AvgIpc) is 3.09. The van der Waals surface area contributed by atoms with Crippen molar-refractivity contribution in [3.8, 4) is 0 Å². The van der Waals surface area contributed by atoms with Crippen LogP contribution in [0.5, 0.6) is 0 Å². The molecule has 0 spiro atoms. The van der Waals surface area contributed by atoms with E-state index in [1.807, 2.05) is 31.2 Å². The van der Waals surface area contributed by atoms with Crippen molar-refractivity contribution in [1.82, 2.24) is 15.1 Å². The number of hydrogen-bond acceptors (Lipinski definition) is 3. The molecule has 3 aromatic rings. The summed E-state index contributed by atoms with van der Waals surface area (Å²) in [5.74, 6) is -1.06. The molecular formula is C23H23FN4O2. The van der Waals surface area contributed by atoms with Crippen LogP contribution in [0.1, 0.15) is 34.2 Å². The number of hydrogen-bond donors (Lipinski definition) is 1. The highest BCUT2D eigenvalue weighted by Gasteiger charge is 2.48. The maximum Gasteiger partial charge on any atom is 0.277 e. The lowest BCUT2D eigenvalue weighted by atomic mass is 9.94. The van der Waals surface area contributed by atoms with E-state index in [1.165, 1.54) is 29.2 Å². The van der Waals surface area contributed by atoms with Gasteiger partial charge in [0.05, 0.1) is 12.2 Å². The molecule has 1 N–H and O–H groups in total. The molecule has 2 heterocycles. The van der Waals surface area contributed by atoms with Gasteiger partial charge in [-0.05, 0) is 56.7 Å². The predicted octanol–water partition coefficient (Wildman–Crippen LogP) is 3.37. The molecular weight excluding hydrogens is 383 g/mol. The fraction of sp³-hybridized carbons (Fsp3) is 0.261. The first-order valence-electron chi connectivity index (χ1n) is 9.76. The first kappa shape index (κ1) is 19.8. The van der Waals surface area contributed by atoms with Gasteiger partial charge in [-0.15, -0.1) is 0 Å². The summed E-state index contributed by atoms with van der Waals surface area (Å²) in [6, 6.07) is 15.2. The Balaban J connectivity index is 1.69. The molecule has 0 bridgehead atoms. The summed E-state index contributed by atoms with van der Waals surface area (Å²) >= 11 is 0. The van der Waals surface area contributed by atoms with Crippen LogP contribution in [0.4, 0.5) is 10.1 Å². The van der Waals surface area contributed by atoms with E-state index in [0.29, 0.717) is 23.6 Å². The highest BCUT2D eigenvalue weighted by atomic mass is 19.1. The van der Waals surface area contributed by atoms with Crippen molar-refractivity contribution in [1.29, 1.82) is 0 Å². The zero-order valence-electron chi connectivity index (χ0n) is 17.1. The number of carbonyl (C=O) groups excluding carboxylic acids is 2. The normalized spacial score (nSPS) is 18.3. The minimum atomic E-state index is -1.23. The molecule has 1 aliphatic rings. The fourth-order valence-electron chi connectivity index (χ4n) is 3.78. The van der Waals surface area contributed by atoms with E-state index in [2.05, 4.69) is 10.4 Å². The summed E-state index contributed by atoms with van der Waals surface area (Å²) in [4.78, 5) is 28.1. The van der Waals surface area contributed by atoms with Crippen molar-refractivity contribution in [2.24, 2.45) is 0 Å². The van der Waals surface area contributed by atoms with Gasteiger partial charge in [-0.25, -0.2) is 4.39 Å². The Kier molecular flexibility index (Phi) is 4.89. The molecule has 4 rings (SSSR count). The number of fused-ring (bicyclic) bond motifs is 1. The van der Waals surface area contributed by atoms with Gasteiger partial charge in [-0.1, -0.05) is 29.8 Å². The smallest absolute Gasteiger partial charge is 0.277 e. The van der Waals surface area contributed by atoms with Crippen LogP contribution in [0.15, 0.2) is 54.6 Å². The van der Waals surface area contributed by atoms with Crippen LogP contribution in [-0.4, -0.2) is 27.1 Å². The van der Waals surface area contributed by atoms with Crippen LogP contribution in [0.2, 0.25) is 0 Å². The number of amides is 2. The Bertz CT molecular complexity index is 1110. The van der Waals surface area contributed by atoms with Crippen LogP contribution in [0.25, 0.3) is 0 Å². The first-order chi connectivity index (χ1) is 14.3. The second-order valence-electron chi connectivity index (χ2n) is 7.89. The van der Waals surface area contributed by atoms with Crippen LogP contribution in [-0.2, 0) is 17.9 Å². The standard InChI is InChI=1S/C23H23FN4O2/c1-15-4-6-17(7-5-15)13-25-22(30)23(3)14-27-20(12-16(2)26-27)21(29)28(23)19-10-8-18(24)9-11-19/h4-12H,13-14H2,1-3H3,(H,25,30)/t23-/m1/s1. The summed E-state index contributed by atoms with van der Waals surface area (Å²) in [5.41, 5.74) is 2.43. The lowest BCUT2D eigenvalue weighted by Gasteiger charge is -2.43. The average molecular weight is 406 g/mol. The molecule has 1 aromatic heterocycles. The summed E-state index contributed by atoms with van der Waals surface area (Å²) in [7, 11) is 0. The van der Waals surface area contributed by atoms with Gasteiger partial charge in [0.25, 0.3) is 5.91 Å². The van der Waals surface area contributed by atoms with Gasteiger partial charge in [-0.3, -0.25) is 19.2 Å². The molecule has 1 atom stereocenters. The molecule has 0 saturated heterocycles. The molecule has 0 unspecified atom stereocenters. The summed E-state index contributed by atoms with van der Waals surface area (Å²) in [5, 5.41) is 7.33.